The van der Waals surface area contributed by atoms with Crippen molar-refractivity contribution in [2.24, 2.45) is 5.92 Å². The van der Waals surface area contributed by atoms with Crippen molar-refractivity contribution in [3.8, 4) is 16.9 Å². The van der Waals surface area contributed by atoms with Crippen molar-refractivity contribution in [3.05, 3.63) is 42.9 Å². The number of rotatable bonds is 4. The van der Waals surface area contributed by atoms with Crippen LogP contribution >= 0.6 is 0 Å². The first-order chi connectivity index (χ1) is 12.9. The molecule has 27 heavy (non-hydrogen) atoms. The van der Waals surface area contributed by atoms with E-state index in [1.165, 1.54) is 0 Å². The van der Waals surface area contributed by atoms with Gasteiger partial charge in [0.05, 0.1) is 18.3 Å². The third-order valence-corrected chi connectivity index (χ3v) is 4.40. The van der Waals surface area contributed by atoms with Gasteiger partial charge >= 0.3 is 6.30 Å². The molecule has 3 heterocycles. The van der Waals surface area contributed by atoms with Gasteiger partial charge < -0.3 is 10.1 Å². The Morgan fingerprint density at radius 2 is 2.15 bits per heavy atom. The maximum atomic E-state index is 12.8. The minimum absolute atomic E-state index is 0.0107. The number of amides is 1. The Labute approximate surface area is 152 Å². The van der Waals surface area contributed by atoms with Crippen LogP contribution in [-0.4, -0.2) is 33.8 Å². The van der Waals surface area contributed by atoms with Gasteiger partial charge in [-0.1, -0.05) is 0 Å². The standard InChI is InChI=1S/C18H15F3N4O2/c19-18(20,21)25-9-13(8-24-25)12-5-15-14(2-1-3-22-15)16(6-12)27-10-11-4-17(26)23-7-11/h1-3,5-6,8-9,11H,4,7,10H2,(H,23,26)/t11-/m1/s1. The first-order valence-corrected chi connectivity index (χ1v) is 8.30. The number of benzene rings is 1. The molecule has 0 radical (unpaired) electrons. The minimum atomic E-state index is -4.57. The van der Waals surface area contributed by atoms with Crippen molar-refractivity contribution >= 4 is 16.8 Å². The molecule has 1 amide bonds. The topological polar surface area (TPSA) is 69.0 Å². The minimum Gasteiger partial charge on any atom is -0.492 e. The van der Waals surface area contributed by atoms with Crippen LogP contribution in [0.1, 0.15) is 6.42 Å². The smallest absolute Gasteiger partial charge is 0.492 e. The maximum Gasteiger partial charge on any atom is 0.504 e. The molecular formula is C18H15F3N4O2. The molecule has 0 aliphatic carbocycles. The summed E-state index contributed by atoms with van der Waals surface area (Å²) >= 11 is 0. The fourth-order valence-electron chi connectivity index (χ4n) is 3.04. The molecule has 1 aliphatic heterocycles. The van der Waals surface area contributed by atoms with Gasteiger partial charge in [0, 0.05) is 42.2 Å². The average Bonchev–Trinajstić information content (AvgIpc) is 3.28. The molecule has 1 saturated heterocycles. The highest BCUT2D eigenvalue weighted by Crippen LogP contribution is 2.33. The van der Waals surface area contributed by atoms with Crippen LogP contribution in [0.25, 0.3) is 22.0 Å². The number of ether oxygens (including phenoxy) is 1. The molecular weight excluding hydrogens is 361 g/mol. The summed E-state index contributed by atoms with van der Waals surface area (Å²) in [6, 6.07) is 6.96. The van der Waals surface area contributed by atoms with Gasteiger partial charge in [-0.25, -0.2) is 0 Å². The third kappa shape index (κ3) is 3.57. The number of alkyl halides is 3. The van der Waals surface area contributed by atoms with Crippen LogP contribution in [-0.2, 0) is 11.1 Å². The summed E-state index contributed by atoms with van der Waals surface area (Å²) in [5, 5.41) is 6.88. The number of aromatic nitrogens is 3. The Hall–Kier alpha value is -3.10. The van der Waals surface area contributed by atoms with Gasteiger partial charge in [0.15, 0.2) is 0 Å². The lowest BCUT2D eigenvalue weighted by Gasteiger charge is -2.13. The predicted octanol–water partition coefficient (Wildman–Crippen LogP) is 3.09. The van der Waals surface area contributed by atoms with Crippen LogP contribution < -0.4 is 10.1 Å². The number of carbonyl (C=O) groups excluding carboxylic acids is 1. The Bertz CT molecular complexity index is 1000. The SMILES string of the molecule is O=C1C[C@@H](COc2cc(-c3cnn(C(F)(F)F)c3)cc3ncccc23)CN1. The molecule has 2 aromatic heterocycles. The number of pyridine rings is 1. The number of nitrogens with zero attached hydrogens (tertiary/aromatic N) is 3. The molecule has 6 nitrogen and oxygen atoms in total. The molecule has 1 atom stereocenters. The Kier molecular flexibility index (Phi) is 4.21. The van der Waals surface area contributed by atoms with Crippen molar-refractivity contribution in [2.75, 3.05) is 13.2 Å². The summed E-state index contributed by atoms with van der Waals surface area (Å²) in [6.07, 6.45) is -0.494. The van der Waals surface area contributed by atoms with E-state index in [4.69, 9.17) is 4.74 Å². The van der Waals surface area contributed by atoms with E-state index in [1.807, 2.05) is 6.07 Å². The van der Waals surface area contributed by atoms with E-state index in [0.29, 0.717) is 42.0 Å². The van der Waals surface area contributed by atoms with Crippen molar-refractivity contribution in [3.63, 3.8) is 0 Å². The largest absolute Gasteiger partial charge is 0.504 e. The first-order valence-electron chi connectivity index (χ1n) is 8.30. The van der Waals surface area contributed by atoms with Crippen molar-refractivity contribution in [1.29, 1.82) is 0 Å². The molecule has 1 aliphatic rings. The lowest BCUT2D eigenvalue weighted by atomic mass is 10.1. The highest BCUT2D eigenvalue weighted by Gasteiger charge is 2.31. The van der Waals surface area contributed by atoms with Gasteiger partial charge in [-0.2, -0.15) is 9.78 Å². The lowest BCUT2D eigenvalue weighted by molar-refractivity contribution is -0.212. The molecule has 1 N–H and O–H groups in total. The van der Waals surface area contributed by atoms with Gasteiger partial charge in [0.2, 0.25) is 5.91 Å². The number of nitrogens with one attached hydrogen (secondary N) is 1. The van der Waals surface area contributed by atoms with Crippen LogP contribution in [0, 0.1) is 5.92 Å². The molecule has 9 heteroatoms. The number of halogens is 3. The maximum absolute atomic E-state index is 12.8. The second-order valence-corrected chi connectivity index (χ2v) is 6.37. The Morgan fingerprint density at radius 1 is 1.30 bits per heavy atom. The summed E-state index contributed by atoms with van der Waals surface area (Å²) in [4.78, 5) is 15.6. The van der Waals surface area contributed by atoms with Gasteiger partial charge in [0.25, 0.3) is 0 Å². The summed E-state index contributed by atoms with van der Waals surface area (Å²) in [6.45, 7) is 0.876. The van der Waals surface area contributed by atoms with Crippen molar-refractivity contribution < 1.29 is 22.7 Å². The molecule has 1 aromatic carbocycles. The molecule has 0 unspecified atom stereocenters. The van der Waals surface area contributed by atoms with Crippen molar-refractivity contribution in [2.45, 2.75) is 12.7 Å². The first kappa shape index (κ1) is 17.3. The van der Waals surface area contributed by atoms with Gasteiger partial charge in [0.1, 0.15) is 5.75 Å². The van der Waals surface area contributed by atoms with E-state index in [-0.39, 0.29) is 16.5 Å². The molecule has 140 valence electrons. The zero-order valence-corrected chi connectivity index (χ0v) is 14.0. The highest BCUT2D eigenvalue weighted by atomic mass is 19.4. The molecule has 4 rings (SSSR count). The van der Waals surface area contributed by atoms with Crippen LogP contribution in [0.3, 0.4) is 0 Å². The van der Waals surface area contributed by atoms with E-state index < -0.39 is 6.30 Å². The zero-order chi connectivity index (χ0) is 19.0. The van der Waals surface area contributed by atoms with E-state index in [0.717, 1.165) is 17.8 Å². The van der Waals surface area contributed by atoms with Gasteiger partial charge in [-0.05, 0) is 29.8 Å². The van der Waals surface area contributed by atoms with Crippen molar-refractivity contribution in [1.82, 2.24) is 20.1 Å². The fourth-order valence-corrected chi connectivity index (χ4v) is 3.04. The number of fused-ring (bicyclic) bond motifs is 1. The van der Waals surface area contributed by atoms with E-state index in [9.17, 15) is 18.0 Å². The van der Waals surface area contributed by atoms with Gasteiger partial charge in [-0.15, -0.1) is 13.2 Å². The van der Waals surface area contributed by atoms with Crippen LogP contribution in [0.15, 0.2) is 42.9 Å². The van der Waals surface area contributed by atoms with Crippen LogP contribution in [0.2, 0.25) is 0 Å². The zero-order valence-electron chi connectivity index (χ0n) is 14.0. The van der Waals surface area contributed by atoms with E-state index >= 15 is 0 Å². The van der Waals surface area contributed by atoms with E-state index in [1.54, 1.807) is 24.4 Å². The Balaban J connectivity index is 1.67. The van der Waals surface area contributed by atoms with E-state index in [2.05, 4.69) is 15.4 Å². The average molecular weight is 376 g/mol. The molecule has 3 aromatic rings. The second-order valence-electron chi connectivity index (χ2n) is 6.37. The van der Waals surface area contributed by atoms with Gasteiger partial charge in [-0.3, -0.25) is 9.78 Å². The predicted molar refractivity (Wildman–Crippen MR) is 90.9 cm³/mol. The molecule has 0 spiro atoms. The monoisotopic (exact) mass is 376 g/mol. The molecule has 0 bridgehead atoms. The van der Waals surface area contributed by atoms with Crippen LogP contribution in [0.5, 0.6) is 5.75 Å². The second kappa shape index (κ2) is 6.57. The summed E-state index contributed by atoms with van der Waals surface area (Å²) in [7, 11) is 0. The lowest BCUT2D eigenvalue weighted by Crippen LogP contribution is -2.16. The fraction of sp³-hybridized carbons (Fsp3) is 0.278. The number of hydrogen-bond acceptors (Lipinski definition) is 4. The molecule has 1 fully saturated rings. The molecule has 0 saturated carbocycles. The number of carbonyl (C=O) groups is 1. The number of hydrogen-bond donors (Lipinski definition) is 1. The highest BCUT2D eigenvalue weighted by molar-refractivity contribution is 5.89. The summed E-state index contributed by atoms with van der Waals surface area (Å²) in [5.41, 5.74) is 1.43. The quantitative estimate of drug-likeness (QED) is 0.760. The Morgan fingerprint density at radius 3 is 2.85 bits per heavy atom. The summed E-state index contributed by atoms with van der Waals surface area (Å²) in [5.74, 6) is 0.555. The summed E-state index contributed by atoms with van der Waals surface area (Å²) < 4.78 is 44.3. The third-order valence-electron chi connectivity index (χ3n) is 4.40. The van der Waals surface area contributed by atoms with Crippen LogP contribution in [0.4, 0.5) is 13.2 Å². The normalized spacial score (nSPS) is 17.3.